The fourth-order valence-corrected chi connectivity index (χ4v) is 2.32. The van der Waals surface area contributed by atoms with Gasteiger partial charge in [0.1, 0.15) is 0 Å². The molecule has 1 rings (SSSR count). The quantitative estimate of drug-likeness (QED) is 0.647. The van der Waals surface area contributed by atoms with Gasteiger partial charge in [-0.2, -0.15) is 0 Å². The summed E-state index contributed by atoms with van der Waals surface area (Å²) in [6.07, 6.45) is 4.21. The molecule has 0 saturated heterocycles. The Balaban J connectivity index is 2.89. The Hall–Kier alpha value is -0.560. The molecule has 1 aliphatic rings. The molecule has 1 nitrogen and oxygen atoms in total. The molecule has 0 aromatic rings. The minimum absolute atomic E-state index is 0.221. The van der Waals surface area contributed by atoms with Gasteiger partial charge in [0.25, 0.3) is 0 Å². The van der Waals surface area contributed by atoms with Crippen molar-refractivity contribution in [2.24, 2.45) is 5.92 Å². The third-order valence-corrected chi connectivity index (χ3v) is 3.21. The van der Waals surface area contributed by atoms with Crippen molar-refractivity contribution in [1.82, 2.24) is 0 Å². The number of hydrogen-bond acceptors (Lipinski definition) is 1. The van der Waals surface area contributed by atoms with Crippen LogP contribution < -0.4 is 0 Å². The maximum absolute atomic E-state index is 10.4. The Morgan fingerprint density at radius 2 is 1.92 bits per heavy atom. The predicted octanol–water partition coefficient (Wildman–Crippen LogP) is 3.06. The van der Waals surface area contributed by atoms with Crippen LogP contribution in [-0.4, -0.2) is 10.7 Å². The van der Waals surface area contributed by atoms with Gasteiger partial charge in [0.05, 0.1) is 5.60 Å². The molecule has 1 heteroatoms. The van der Waals surface area contributed by atoms with Gasteiger partial charge in [-0.1, -0.05) is 31.6 Å². The van der Waals surface area contributed by atoms with Crippen LogP contribution in [0.1, 0.15) is 39.5 Å². The molecule has 0 heterocycles. The first-order valence-corrected chi connectivity index (χ1v) is 5.02. The third-order valence-electron chi connectivity index (χ3n) is 3.21. The lowest BCUT2D eigenvalue weighted by Gasteiger charge is -2.41. The minimum Gasteiger partial charge on any atom is -0.385 e. The van der Waals surface area contributed by atoms with Crippen LogP contribution in [0.3, 0.4) is 0 Å². The molecular weight excluding hydrogens is 160 g/mol. The first-order valence-electron chi connectivity index (χ1n) is 5.02. The lowest BCUT2D eigenvalue weighted by molar-refractivity contribution is 0.000648. The van der Waals surface area contributed by atoms with Crippen LogP contribution in [0.15, 0.2) is 24.3 Å². The normalized spacial score (nSPS) is 34.2. The lowest BCUT2D eigenvalue weighted by atomic mass is 9.69. The van der Waals surface area contributed by atoms with Crippen molar-refractivity contribution in [2.75, 3.05) is 0 Å². The SMILES string of the molecule is C=C(C)[C@H]1CCCC[C@]1(O)C(=C)C. The van der Waals surface area contributed by atoms with E-state index in [0.29, 0.717) is 0 Å². The van der Waals surface area contributed by atoms with Crippen molar-refractivity contribution in [3.63, 3.8) is 0 Å². The smallest absolute Gasteiger partial charge is 0.0916 e. The molecular formula is C12H20O. The molecule has 1 N–H and O–H groups in total. The van der Waals surface area contributed by atoms with E-state index in [1.165, 1.54) is 6.42 Å². The van der Waals surface area contributed by atoms with E-state index in [0.717, 1.165) is 30.4 Å². The van der Waals surface area contributed by atoms with Crippen LogP contribution >= 0.6 is 0 Å². The Morgan fingerprint density at radius 3 is 2.31 bits per heavy atom. The Morgan fingerprint density at radius 1 is 1.31 bits per heavy atom. The van der Waals surface area contributed by atoms with E-state index in [1.54, 1.807) is 0 Å². The average Bonchev–Trinajstić information content (AvgIpc) is 2.04. The number of rotatable bonds is 2. The van der Waals surface area contributed by atoms with E-state index in [-0.39, 0.29) is 5.92 Å². The van der Waals surface area contributed by atoms with Gasteiger partial charge in [0.15, 0.2) is 0 Å². The maximum atomic E-state index is 10.4. The van der Waals surface area contributed by atoms with Gasteiger partial charge in [-0.3, -0.25) is 0 Å². The molecule has 0 aromatic carbocycles. The van der Waals surface area contributed by atoms with Crippen molar-refractivity contribution in [3.8, 4) is 0 Å². The van der Waals surface area contributed by atoms with E-state index >= 15 is 0 Å². The zero-order chi connectivity index (χ0) is 10.1. The predicted molar refractivity (Wildman–Crippen MR) is 56.5 cm³/mol. The highest BCUT2D eigenvalue weighted by Crippen LogP contribution is 2.41. The highest BCUT2D eigenvalue weighted by molar-refractivity contribution is 5.20. The van der Waals surface area contributed by atoms with Crippen LogP contribution in [0.4, 0.5) is 0 Å². The molecule has 1 saturated carbocycles. The summed E-state index contributed by atoms with van der Waals surface area (Å²) < 4.78 is 0. The van der Waals surface area contributed by atoms with Crippen molar-refractivity contribution in [1.29, 1.82) is 0 Å². The summed E-state index contributed by atoms with van der Waals surface area (Å²) in [7, 11) is 0. The number of hydrogen-bond donors (Lipinski definition) is 1. The second-order valence-electron chi connectivity index (χ2n) is 4.35. The zero-order valence-corrected chi connectivity index (χ0v) is 8.77. The second-order valence-corrected chi connectivity index (χ2v) is 4.35. The second kappa shape index (κ2) is 3.67. The van der Waals surface area contributed by atoms with Crippen molar-refractivity contribution in [2.45, 2.75) is 45.1 Å². The van der Waals surface area contributed by atoms with Crippen LogP contribution in [0.25, 0.3) is 0 Å². The Kier molecular flexibility index (Phi) is 2.97. The van der Waals surface area contributed by atoms with Crippen LogP contribution in [0.2, 0.25) is 0 Å². The summed E-state index contributed by atoms with van der Waals surface area (Å²) in [5.74, 6) is 0.221. The average molecular weight is 180 g/mol. The molecule has 1 fully saturated rings. The van der Waals surface area contributed by atoms with Gasteiger partial charge in [-0.25, -0.2) is 0 Å². The van der Waals surface area contributed by atoms with Crippen molar-refractivity contribution in [3.05, 3.63) is 24.3 Å². The molecule has 0 unspecified atom stereocenters. The van der Waals surface area contributed by atoms with E-state index < -0.39 is 5.60 Å². The first kappa shape index (κ1) is 10.5. The summed E-state index contributed by atoms with van der Waals surface area (Å²) in [5.41, 5.74) is 1.30. The van der Waals surface area contributed by atoms with E-state index in [9.17, 15) is 5.11 Å². The maximum Gasteiger partial charge on any atom is 0.0916 e. The molecule has 74 valence electrons. The fourth-order valence-electron chi connectivity index (χ4n) is 2.32. The highest BCUT2D eigenvalue weighted by Gasteiger charge is 2.39. The molecule has 0 aliphatic heterocycles. The monoisotopic (exact) mass is 180 g/mol. The topological polar surface area (TPSA) is 20.2 Å². The van der Waals surface area contributed by atoms with Gasteiger partial charge >= 0.3 is 0 Å². The lowest BCUT2D eigenvalue weighted by Crippen LogP contribution is -2.41. The van der Waals surface area contributed by atoms with Crippen LogP contribution in [0, 0.1) is 5.92 Å². The summed E-state index contributed by atoms with van der Waals surface area (Å²) >= 11 is 0. The van der Waals surface area contributed by atoms with Crippen molar-refractivity contribution >= 4 is 0 Å². The van der Waals surface area contributed by atoms with Gasteiger partial charge in [-0.15, -0.1) is 0 Å². The molecule has 0 bridgehead atoms. The van der Waals surface area contributed by atoms with Crippen LogP contribution in [-0.2, 0) is 0 Å². The fraction of sp³-hybridized carbons (Fsp3) is 0.667. The zero-order valence-electron chi connectivity index (χ0n) is 8.77. The van der Waals surface area contributed by atoms with Gasteiger partial charge < -0.3 is 5.11 Å². The highest BCUT2D eigenvalue weighted by atomic mass is 16.3. The van der Waals surface area contributed by atoms with Gasteiger partial charge in [0.2, 0.25) is 0 Å². The largest absolute Gasteiger partial charge is 0.385 e. The van der Waals surface area contributed by atoms with Gasteiger partial charge in [-0.05, 0) is 32.3 Å². The molecule has 1 aliphatic carbocycles. The van der Waals surface area contributed by atoms with Crippen molar-refractivity contribution < 1.29 is 5.11 Å². The van der Waals surface area contributed by atoms with E-state index in [2.05, 4.69) is 13.2 Å². The minimum atomic E-state index is -0.677. The Labute approximate surface area is 81.2 Å². The molecule has 0 radical (unpaired) electrons. The van der Waals surface area contributed by atoms with E-state index in [1.807, 2.05) is 13.8 Å². The summed E-state index contributed by atoms with van der Waals surface area (Å²) in [5, 5.41) is 10.4. The number of aliphatic hydroxyl groups is 1. The molecule has 13 heavy (non-hydrogen) atoms. The molecule has 2 atom stereocenters. The summed E-state index contributed by atoms with van der Waals surface area (Å²) in [4.78, 5) is 0. The standard InChI is InChI=1S/C12H20O/c1-9(2)11-7-5-6-8-12(11,13)10(3)4/h11,13H,1,3,5-8H2,2,4H3/t11-,12+/m1/s1. The summed E-state index contributed by atoms with van der Waals surface area (Å²) in [6.45, 7) is 11.8. The third kappa shape index (κ3) is 1.86. The summed E-state index contributed by atoms with van der Waals surface area (Å²) in [6, 6.07) is 0. The Bertz CT molecular complexity index is 229. The molecule has 0 aromatic heterocycles. The first-order chi connectivity index (χ1) is 5.98. The molecule has 0 spiro atoms. The van der Waals surface area contributed by atoms with Crippen LogP contribution in [0.5, 0.6) is 0 Å². The van der Waals surface area contributed by atoms with E-state index in [4.69, 9.17) is 0 Å². The molecule has 0 amide bonds. The van der Waals surface area contributed by atoms with Gasteiger partial charge in [0, 0.05) is 5.92 Å².